The van der Waals surface area contributed by atoms with E-state index in [1.807, 2.05) is 24.3 Å². The van der Waals surface area contributed by atoms with E-state index in [0.717, 1.165) is 47.3 Å². The number of hydroxylamine groups is 2. The Morgan fingerprint density at radius 2 is 2.00 bits per heavy atom. The van der Waals surface area contributed by atoms with E-state index >= 15 is 0 Å². The summed E-state index contributed by atoms with van der Waals surface area (Å²) in [6, 6.07) is 8.18. The number of aromatic nitrogens is 2. The molecule has 2 saturated heterocycles. The summed E-state index contributed by atoms with van der Waals surface area (Å²) in [6.07, 6.45) is 2.79. The van der Waals surface area contributed by atoms with E-state index < -0.39 is 6.17 Å². The Labute approximate surface area is 163 Å². The molecule has 2 fully saturated rings. The minimum Gasteiger partial charge on any atom is -0.355 e. The van der Waals surface area contributed by atoms with Gasteiger partial charge in [0.15, 0.2) is 6.17 Å². The molecule has 3 aliphatic heterocycles. The predicted octanol–water partition coefficient (Wildman–Crippen LogP) is 1.89. The van der Waals surface area contributed by atoms with E-state index in [-0.39, 0.29) is 5.91 Å². The highest BCUT2D eigenvalue weighted by Crippen LogP contribution is 2.33. The molecule has 5 rings (SSSR count). The lowest BCUT2D eigenvalue weighted by Crippen LogP contribution is -2.52. The molecule has 28 heavy (non-hydrogen) atoms. The third-order valence-electron chi connectivity index (χ3n) is 5.98. The predicted molar refractivity (Wildman–Crippen MR) is 105 cm³/mol. The fourth-order valence-corrected chi connectivity index (χ4v) is 4.35. The van der Waals surface area contributed by atoms with Gasteiger partial charge < -0.3 is 14.4 Å². The molecular formula is C20H24N6O2. The van der Waals surface area contributed by atoms with Crippen LogP contribution < -0.4 is 0 Å². The smallest absolute Gasteiger partial charge is 0.224 e. The van der Waals surface area contributed by atoms with E-state index in [9.17, 15) is 10.0 Å². The molecule has 146 valence electrons. The zero-order valence-corrected chi connectivity index (χ0v) is 16.1. The topological polar surface area (TPSA) is 77.2 Å². The molecule has 0 radical (unpaired) electrons. The summed E-state index contributed by atoms with van der Waals surface area (Å²) >= 11 is 0. The van der Waals surface area contributed by atoms with Gasteiger partial charge in [-0.25, -0.2) is 15.0 Å². The summed E-state index contributed by atoms with van der Waals surface area (Å²) in [7, 11) is 2.06. The molecule has 1 aromatic carbocycles. The number of benzene rings is 1. The van der Waals surface area contributed by atoms with Gasteiger partial charge >= 0.3 is 0 Å². The van der Waals surface area contributed by atoms with E-state index in [2.05, 4.69) is 27.6 Å². The molecule has 0 spiro atoms. The fraction of sp³-hybridized carbons (Fsp3) is 0.450. The van der Waals surface area contributed by atoms with Crippen LogP contribution in [-0.4, -0.2) is 67.2 Å². The molecule has 4 heterocycles. The third-order valence-corrected chi connectivity index (χ3v) is 5.98. The maximum absolute atomic E-state index is 12.1. The van der Waals surface area contributed by atoms with Crippen molar-refractivity contribution in [3.05, 3.63) is 42.0 Å². The molecule has 0 aliphatic carbocycles. The van der Waals surface area contributed by atoms with Crippen molar-refractivity contribution in [2.45, 2.75) is 31.8 Å². The lowest BCUT2D eigenvalue weighted by molar-refractivity contribution is -0.142. The van der Waals surface area contributed by atoms with Crippen molar-refractivity contribution in [1.82, 2.24) is 24.4 Å². The number of aryl methyl sites for hydroxylation is 1. The van der Waals surface area contributed by atoms with Gasteiger partial charge in [-0.05, 0) is 25.5 Å². The molecule has 1 aromatic heterocycles. The maximum atomic E-state index is 12.1. The second-order valence-corrected chi connectivity index (χ2v) is 7.75. The number of hydrogen-bond acceptors (Lipinski definition) is 6. The Balaban J connectivity index is 1.36. The lowest BCUT2D eigenvalue weighted by Gasteiger charge is -2.43. The van der Waals surface area contributed by atoms with Crippen molar-refractivity contribution in [1.29, 1.82) is 0 Å². The average Bonchev–Trinajstić information content (AvgIpc) is 3.21. The average molecular weight is 380 g/mol. The number of fused-ring (bicyclic) bond motifs is 1. The second kappa shape index (κ2) is 6.34. The summed E-state index contributed by atoms with van der Waals surface area (Å²) in [4.78, 5) is 25.4. The number of carbonyl (C=O) groups is 1. The molecule has 8 nitrogen and oxygen atoms in total. The third kappa shape index (κ3) is 2.59. The molecule has 1 N–H and O–H groups in total. The van der Waals surface area contributed by atoms with Crippen molar-refractivity contribution in [2.24, 2.45) is 12.0 Å². The second-order valence-electron chi connectivity index (χ2n) is 7.75. The molecule has 3 aliphatic rings. The monoisotopic (exact) mass is 380 g/mol. The number of aliphatic imine (C=N–C) groups is 1. The van der Waals surface area contributed by atoms with Crippen LogP contribution in [0.25, 0.3) is 11.0 Å². The van der Waals surface area contributed by atoms with Crippen LogP contribution in [0.3, 0.4) is 0 Å². The van der Waals surface area contributed by atoms with Gasteiger partial charge in [-0.2, -0.15) is 0 Å². The summed E-state index contributed by atoms with van der Waals surface area (Å²) in [6.45, 7) is 4.08. The molecule has 2 aromatic rings. The Morgan fingerprint density at radius 1 is 1.21 bits per heavy atom. The van der Waals surface area contributed by atoms with E-state index in [1.54, 1.807) is 11.8 Å². The van der Waals surface area contributed by atoms with Crippen LogP contribution in [0.2, 0.25) is 0 Å². The largest absolute Gasteiger partial charge is 0.355 e. The van der Waals surface area contributed by atoms with Gasteiger partial charge in [0, 0.05) is 39.2 Å². The summed E-state index contributed by atoms with van der Waals surface area (Å²) in [5, 5.41) is 11.5. The van der Waals surface area contributed by atoms with Crippen molar-refractivity contribution in [3.63, 3.8) is 0 Å². The van der Waals surface area contributed by atoms with Gasteiger partial charge in [-0.15, -0.1) is 0 Å². The van der Waals surface area contributed by atoms with Gasteiger partial charge in [0.2, 0.25) is 5.91 Å². The fourth-order valence-electron chi connectivity index (χ4n) is 4.35. The van der Waals surface area contributed by atoms with Crippen LogP contribution in [0.1, 0.15) is 31.5 Å². The summed E-state index contributed by atoms with van der Waals surface area (Å²) in [5.41, 5.74) is 2.16. The van der Waals surface area contributed by atoms with Crippen LogP contribution in [0, 0.1) is 0 Å². The van der Waals surface area contributed by atoms with Crippen LogP contribution in [0.4, 0.5) is 0 Å². The minimum absolute atomic E-state index is 0.0792. The van der Waals surface area contributed by atoms with Crippen molar-refractivity contribution in [2.75, 3.05) is 19.6 Å². The standard InChI is InChI=1S/C20H24N6O2/c1-13-21-17(10-18(26(13)28)25-9-5-8-19(25)27)24-11-14(12-24)20-22-15-6-3-4-7-16(15)23(20)2/h3-4,6-7,10,14,18,28H,5,8-9,11-12H2,1-2H3. The van der Waals surface area contributed by atoms with Crippen LogP contribution in [0.15, 0.2) is 41.2 Å². The molecule has 1 amide bonds. The number of likely N-dealkylation sites (tertiary alicyclic amines) is 2. The number of hydrogen-bond donors (Lipinski definition) is 1. The normalized spacial score (nSPS) is 23.3. The Bertz CT molecular complexity index is 1000. The van der Waals surface area contributed by atoms with E-state index in [4.69, 9.17) is 4.98 Å². The highest BCUT2D eigenvalue weighted by molar-refractivity contribution is 5.83. The molecule has 1 unspecified atom stereocenters. The number of carbonyl (C=O) groups excluding carboxylic acids is 1. The van der Waals surface area contributed by atoms with E-state index in [0.29, 0.717) is 24.7 Å². The number of imidazole rings is 1. The van der Waals surface area contributed by atoms with Gasteiger partial charge in [-0.3, -0.25) is 10.0 Å². The van der Waals surface area contributed by atoms with Crippen molar-refractivity contribution >= 4 is 22.8 Å². The van der Waals surface area contributed by atoms with Crippen molar-refractivity contribution < 1.29 is 10.0 Å². The van der Waals surface area contributed by atoms with Crippen molar-refractivity contribution in [3.8, 4) is 0 Å². The summed E-state index contributed by atoms with van der Waals surface area (Å²) < 4.78 is 2.17. The number of nitrogens with zero attached hydrogens (tertiary/aromatic N) is 6. The van der Waals surface area contributed by atoms with Gasteiger partial charge in [0.25, 0.3) is 0 Å². The highest BCUT2D eigenvalue weighted by Gasteiger charge is 2.38. The first-order chi connectivity index (χ1) is 13.5. The first-order valence-electron chi connectivity index (χ1n) is 9.74. The Kier molecular flexibility index (Phi) is 3.90. The maximum Gasteiger partial charge on any atom is 0.224 e. The summed E-state index contributed by atoms with van der Waals surface area (Å²) in [5.74, 6) is 2.84. The zero-order chi connectivity index (χ0) is 19.4. The Morgan fingerprint density at radius 3 is 2.71 bits per heavy atom. The molecule has 0 bridgehead atoms. The number of rotatable bonds is 3. The molecule has 8 heteroatoms. The highest BCUT2D eigenvalue weighted by atomic mass is 16.5. The zero-order valence-electron chi connectivity index (χ0n) is 16.1. The minimum atomic E-state index is -0.475. The quantitative estimate of drug-likeness (QED) is 0.880. The van der Waals surface area contributed by atoms with Gasteiger partial charge in [0.1, 0.15) is 17.5 Å². The van der Waals surface area contributed by atoms with Crippen LogP contribution >= 0.6 is 0 Å². The number of amidine groups is 1. The van der Waals surface area contributed by atoms with Crippen LogP contribution in [0.5, 0.6) is 0 Å². The first-order valence-corrected chi connectivity index (χ1v) is 9.74. The molecule has 1 atom stereocenters. The first kappa shape index (κ1) is 17.2. The number of amides is 1. The van der Waals surface area contributed by atoms with Gasteiger partial charge in [0.05, 0.1) is 17.0 Å². The SMILES string of the molecule is CC1=NC(N2CC(c3nc4ccccc4n3C)C2)=CC(N2CCCC2=O)N1O. The van der Waals surface area contributed by atoms with E-state index in [1.165, 1.54) is 0 Å². The van der Waals surface area contributed by atoms with Gasteiger partial charge in [-0.1, -0.05) is 12.1 Å². The lowest BCUT2D eigenvalue weighted by atomic mass is 9.99. The van der Waals surface area contributed by atoms with Crippen LogP contribution in [-0.2, 0) is 11.8 Å². The number of para-hydroxylation sites is 2. The molecule has 0 saturated carbocycles. The molecular weight excluding hydrogens is 356 g/mol. The Hall–Kier alpha value is -2.87.